The summed E-state index contributed by atoms with van der Waals surface area (Å²) in [6.45, 7) is 0.800. The Bertz CT molecular complexity index is 678. The normalized spacial score (nSPS) is 10.8. The lowest BCUT2D eigenvalue weighted by Gasteiger charge is -2.01. The lowest BCUT2D eigenvalue weighted by molar-refractivity contribution is 0.937. The van der Waals surface area contributed by atoms with Gasteiger partial charge in [0.1, 0.15) is 0 Å². The van der Waals surface area contributed by atoms with E-state index in [9.17, 15) is 0 Å². The Labute approximate surface area is 116 Å². The zero-order valence-corrected chi connectivity index (χ0v) is 11.0. The highest BCUT2D eigenvalue weighted by molar-refractivity contribution is 6.30. The van der Waals surface area contributed by atoms with Gasteiger partial charge >= 0.3 is 0 Å². The molecule has 5 heteroatoms. The molecule has 0 aliphatic rings. The number of hydrogen-bond acceptors (Lipinski definition) is 3. The van der Waals surface area contributed by atoms with E-state index in [-0.39, 0.29) is 0 Å². The Hall–Kier alpha value is -2.07. The van der Waals surface area contributed by atoms with Crippen molar-refractivity contribution in [3.8, 4) is 0 Å². The van der Waals surface area contributed by atoms with E-state index in [1.54, 1.807) is 16.8 Å². The highest BCUT2D eigenvalue weighted by atomic mass is 35.5. The summed E-state index contributed by atoms with van der Waals surface area (Å²) in [6, 6.07) is 14.0. The van der Waals surface area contributed by atoms with Crippen molar-refractivity contribution in [2.75, 3.05) is 11.9 Å². The monoisotopic (exact) mass is 272 g/mol. The number of fused-ring (bicyclic) bond motifs is 1. The van der Waals surface area contributed by atoms with Gasteiger partial charge in [-0.05, 0) is 24.1 Å². The van der Waals surface area contributed by atoms with Crippen LogP contribution in [0, 0.1) is 0 Å². The molecule has 1 N–H and O–H groups in total. The van der Waals surface area contributed by atoms with Crippen molar-refractivity contribution in [3.05, 3.63) is 59.2 Å². The molecule has 4 nitrogen and oxygen atoms in total. The van der Waals surface area contributed by atoms with Gasteiger partial charge in [-0.15, -0.1) is 5.10 Å². The van der Waals surface area contributed by atoms with E-state index in [2.05, 4.69) is 27.5 Å². The highest BCUT2D eigenvalue weighted by Gasteiger charge is 2.02. The van der Waals surface area contributed by atoms with Crippen LogP contribution in [-0.2, 0) is 6.42 Å². The first-order chi connectivity index (χ1) is 9.31. The number of rotatable bonds is 4. The van der Waals surface area contributed by atoms with Gasteiger partial charge in [-0.2, -0.15) is 4.98 Å². The Morgan fingerprint density at radius 3 is 2.79 bits per heavy atom. The van der Waals surface area contributed by atoms with Crippen molar-refractivity contribution in [1.29, 1.82) is 0 Å². The molecule has 0 fully saturated rings. The molecule has 0 saturated heterocycles. The van der Waals surface area contributed by atoms with Crippen LogP contribution in [0.4, 0.5) is 5.95 Å². The second-order valence-electron chi connectivity index (χ2n) is 4.25. The molecule has 0 radical (unpaired) electrons. The maximum absolute atomic E-state index is 5.90. The number of nitrogens with one attached hydrogen (secondary N) is 1. The lowest BCUT2D eigenvalue weighted by atomic mass is 10.1. The van der Waals surface area contributed by atoms with E-state index in [0.29, 0.717) is 11.0 Å². The van der Waals surface area contributed by atoms with Crippen LogP contribution in [0.1, 0.15) is 5.56 Å². The molecular formula is C14H13ClN4. The number of pyridine rings is 1. The minimum atomic E-state index is 0.623. The van der Waals surface area contributed by atoms with Crippen LogP contribution in [0.3, 0.4) is 0 Å². The zero-order valence-electron chi connectivity index (χ0n) is 10.3. The van der Waals surface area contributed by atoms with Crippen molar-refractivity contribution in [2.45, 2.75) is 6.42 Å². The molecule has 0 atom stereocenters. The third-order valence-electron chi connectivity index (χ3n) is 2.83. The average Bonchev–Trinajstić information content (AvgIpc) is 2.82. The molecule has 2 aromatic heterocycles. The molecule has 0 amide bonds. The van der Waals surface area contributed by atoms with Gasteiger partial charge < -0.3 is 5.32 Å². The number of benzene rings is 1. The highest BCUT2D eigenvalue weighted by Crippen LogP contribution is 2.11. The number of halogens is 1. The van der Waals surface area contributed by atoms with E-state index < -0.39 is 0 Å². The zero-order chi connectivity index (χ0) is 13.1. The van der Waals surface area contributed by atoms with Gasteiger partial charge in [0.2, 0.25) is 5.95 Å². The fourth-order valence-electron chi connectivity index (χ4n) is 1.90. The number of anilines is 1. The smallest absolute Gasteiger partial charge is 0.243 e. The topological polar surface area (TPSA) is 42.2 Å². The SMILES string of the molecule is Clc1ccc2nc(NCCc3ccccc3)nn2c1. The molecular weight excluding hydrogens is 260 g/mol. The summed E-state index contributed by atoms with van der Waals surface area (Å²) >= 11 is 5.90. The van der Waals surface area contributed by atoms with Crippen LogP contribution in [0.5, 0.6) is 0 Å². The Morgan fingerprint density at radius 2 is 1.95 bits per heavy atom. The Morgan fingerprint density at radius 1 is 1.11 bits per heavy atom. The Kier molecular flexibility index (Phi) is 3.33. The molecule has 0 saturated carbocycles. The number of hydrogen-bond donors (Lipinski definition) is 1. The predicted molar refractivity (Wildman–Crippen MR) is 76.6 cm³/mol. The molecule has 0 aliphatic heterocycles. The van der Waals surface area contributed by atoms with E-state index in [0.717, 1.165) is 18.6 Å². The summed E-state index contributed by atoms with van der Waals surface area (Å²) in [5.74, 6) is 0.623. The fraction of sp³-hybridized carbons (Fsp3) is 0.143. The quantitative estimate of drug-likeness (QED) is 0.794. The fourth-order valence-corrected chi connectivity index (χ4v) is 2.05. The molecule has 0 aliphatic carbocycles. The molecule has 0 unspecified atom stereocenters. The summed E-state index contributed by atoms with van der Waals surface area (Å²) in [6.07, 6.45) is 2.68. The summed E-state index contributed by atoms with van der Waals surface area (Å²) in [4.78, 5) is 4.37. The van der Waals surface area contributed by atoms with Crippen molar-refractivity contribution >= 4 is 23.2 Å². The van der Waals surface area contributed by atoms with Crippen LogP contribution >= 0.6 is 11.6 Å². The van der Waals surface area contributed by atoms with Crippen LogP contribution in [-0.4, -0.2) is 21.1 Å². The van der Waals surface area contributed by atoms with Gasteiger partial charge in [0.15, 0.2) is 5.65 Å². The maximum Gasteiger partial charge on any atom is 0.243 e. The third kappa shape index (κ3) is 2.85. The second kappa shape index (κ2) is 5.28. The average molecular weight is 273 g/mol. The van der Waals surface area contributed by atoms with Crippen molar-refractivity contribution in [2.24, 2.45) is 0 Å². The minimum Gasteiger partial charge on any atom is -0.353 e. The standard InChI is InChI=1S/C14H13ClN4/c15-12-6-7-13-17-14(18-19(13)10-12)16-9-8-11-4-2-1-3-5-11/h1-7,10H,8-9H2,(H,16,18). The molecule has 96 valence electrons. The maximum atomic E-state index is 5.90. The third-order valence-corrected chi connectivity index (χ3v) is 3.06. The van der Waals surface area contributed by atoms with E-state index in [4.69, 9.17) is 11.6 Å². The van der Waals surface area contributed by atoms with E-state index in [1.165, 1.54) is 5.56 Å². The summed E-state index contributed by atoms with van der Waals surface area (Å²) in [5, 5.41) is 8.18. The van der Waals surface area contributed by atoms with Crippen LogP contribution in [0.25, 0.3) is 5.65 Å². The molecule has 0 spiro atoms. The largest absolute Gasteiger partial charge is 0.353 e. The molecule has 2 heterocycles. The van der Waals surface area contributed by atoms with Crippen LogP contribution in [0.15, 0.2) is 48.7 Å². The molecule has 0 bridgehead atoms. The first-order valence-electron chi connectivity index (χ1n) is 6.11. The van der Waals surface area contributed by atoms with E-state index in [1.807, 2.05) is 24.3 Å². The summed E-state index contributed by atoms with van der Waals surface area (Å²) < 4.78 is 1.67. The van der Waals surface area contributed by atoms with Crippen LogP contribution in [0.2, 0.25) is 5.02 Å². The van der Waals surface area contributed by atoms with Gasteiger partial charge in [-0.3, -0.25) is 0 Å². The van der Waals surface area contributed by atoms with Gasteiger partial charge in [-0.1, -0.05) is 41.9 Å². The second-order valence-corrected chi connectivity index (χ2v) is 4.68. The van der Waals surface area contributed by atoms with Crippen molar-refractivity contribution in [3.63, 3.8) is 0 Å². The van der Waals surface area contributed by atoms with E-state index >= 15 is 0 Å². The molecule has 3 aromatic rings. The number of aromatic nitrogens is 3. The van der Waals surface area contributed by atoms with Crippen molar-refractivity contribution in [1.82, 2.24) is 14.6 Å². The van der Waals surface area contributed by atoms with Gasteiger partial charge in [0.05, 0.1) is 5.02 Å². The molecule has 1 aromatic carbocycles. The summed E-state index contributed by atoms with van der Waals surface area (Å²) in [7, 11) is 0. The summed E-state index contributed by atoms with van der Waals surface area (Å²) in [5.41, 5.74) is 2.08. The Balaban J connectivity index is 1.65. The van der Waals surface area contributed by atoms with Crippen molar-refractivity contribution < 1.29 is 0 Å². The predicted octanol–water partition coefficient (Wildman–Crippen LogP) is 3.04. The molecule has 19 heavy (non-hydrogen) atoms. The first-order valence-corrected chi connectivity index (χ1v) is 6.49. The first kappa shape index (κ1) is 12.0. The molecule has 3 rings (SSSR count). The minimum absolute atomic E-state index is 0.623. The van der Waals surface area contributed by atoms with Crippen LogP contribution < -0.4 is 5.32 Å². The van der Waals surface area contributed by atoms with Gasteiger partial charge in [-0.25, -0.2) is 4.52 Å². The lowest BCUT2D eigenvalue weighted by Crippen LogP contribution is -2.06. The van der Waals surface area contributed by atoms with Gasteiger partial charge in [0.25, 0.3) is 0 Å². The van der Waals surface area contributed by atoms with Gasteiger partial charge in [0, 0.05) is 12.7 Å². The number of nitrogens with zero attached hydrogens (tertiary/aromatic N) is 3.